The summed E-state index contributed by atoms with van der Waals surface area (Å²) in [4.78, 5) is 0. The Morgan fingerprint density at radius 2 is 2.00 bits per heavy atom. The normalized spacial score (nSPS) is 14.6. The Hall–Kier alpha value is -0.470. The molecule has 2 nitrogen and oxygen atoms in total. The van der Waals surface area contributed by atoms with Crippen LogP contribution in [0.25, 0.3) is 0 Å². The third kappa shape index (κ3) is 3.03. The smallest absolute Gasteiger partial charge is 0.121 e. The lowest BCUT2D eigenvalue weighted by Crippen LogP contribution is -2.17. The lowest BCUT2D eigenvalue weighted by molar-refractivity contribution is 0.364. The van der Waals surface area contributed by atoms with E-state index < -0.39 is 0 Å². The molecule has 1 aromatic heterocycles. The Bertz CT molecular complexity index is 260. The van der Waals surface area contributed by atoms with Crippen molar-refractivity contribution in [3.05, 3.63) is 23.7 Å². The van der Waals surface area contributed by atoms with E-state index in [4.69, 9.17) is 10.2 Å². The summed E-state index contributed by atoms with van der Waals surface area (Å²) in [6.07, 6.45) is 2.02. The maximum Gasteiger partial charge on any atom is 0.121 e. The van der Waals surface area contributed by atoms with Gasteiger partial charge in [0.2, 0.25) is 0 Å². The first kappa shape index (κ1) is 13.5. The quantitative estimate of drug-likeness (QED) is 0.841. The molecular weight excluding hydrogens is 198 g/mol. The maximum atomic E-state index is 6.02. The molecule has 1 aromatic rings. The van der Waals surface area contributed by atoms with Crippen LogP contribution >= 0.6 is 12.4 Å². The Balaban J connectivity index is 0.00000169. The molecular formula is C11H20ClNO. The van der Waals surface area contributed by atoms with Crippen LogP contribution in [-0.2, 0) is 6.42 Å². The molecule has 0 aromatic carbocycles. The fourth-order valence-electron chi connectivity index (χ4n) is 1.30. The van der Waals surface area contributed by atoms with Crippen LogP contribution in [0.2, 0.25) is 0 Å². The fraction of sp³-hybridized carbons (Fsp3) is 0.636. The predicted octanol–water partition coefficient (Wildman–Crippen LogP) is 3.31. The molecule has 1 heterocycles. The molecule has 3 heteroatoms. The van der Waals surface area contributed by atoms with E-state index in [1.165, 1.54) is 0 Å². The highest BCUT2D eigenvalue weighted by molar-refractivity contribution is 5.85. The van der Waals surface area contributed by atoms with Gasteiger partial charge in [0.25, 0.3) is 0 Å². The van der Waals surface area contributed by atoms with E-state index in [9.17, 15) is 0 Å². The molecule has 1 rings (SSSR count). The van der Waals surface area contributed by atoms with E-state index in [1.807, 2.05) is 12.1 Å². The molecule has 82 valence electrons. The topological polar surface area (TPSA) is 39.2 Å². The van der Waals surface area contributed by atoms with Gasteiger partial charge in [0.15, 0.2) is 0 Å². The molecule has 0 aliphatic heterocycles. The van der Waals surface area contributed by atoms with Crippen molar-refractivity contribution in [2.75, 3.05) is 0 Å². The van der Waals surface area contributed by atoms with Crippen molar-refractivity contribution in [2.24, 2.45) is 11.7 Å². The molecule has 0 saturated heterocycles. The SMILES string of the molecule is CCc1ccc([C@H](N)C(C)CC)o1.Cl. The van der Waals surface area contributed by atoms with Gasteiger partial charge >= 0.3 is 0 Å². The van der Waals surface area contributed by atoms with Gasteiger partial charge in [-0.05, 0) is 18.1 Å². The summed E-state index contributed by atoms with van der Waals surface area (Å²) in [6.45, 7) is 6.38. The highest BCUT2D eigenvalue weighted by atomic mass is 35.5. The van der Waals surface area contributed by atoms with Gasteiger partial charge in [-0.1, -0.05) is 27.2 Å². The number of rotatable bonds is 4. The minimum absolute atomic E-state index is 0. The van der Waals surface area contributed by atoms with Crippen LogP contribution in [0.1, 0.15) is 44.8 Å². The van der Waals surface area contributed by atoms with Gasteiger partial charge in [0, 0.05) is 6.42 Å². The van der Waals surface area contributed by atoms with Crippen LogP contribution in [0.3, 0.4) is 0 Å². The van der Waals surface area contributed by atoms with Crippen LogP contribution in [0.5, 0.6) is 0 Å². The van der Waals surface area contributed by atoms with E-state index in [2.05, 4.69) is 20.8 Å². The summed E-state index contributed by atoms with van der Waals surface area (Å²) in [5.74, 6) is 2.43. The molecule has 0 fully saturated rings. The molecule has 1 unspecified atom stereocenters. The van der Waals surface area contributed by atoms with E-state index in [0.717, 1.165) is 24.4 Å². The lowest BCUT2D eigenvalue weighted by atomic mass is 9.98. The maximum absolute atomic E-state index is 6.02. The monoisotopic (exact) mass is 217 g/mol. The summed E-state index contributed by atoms with van der Waals surface area (Å²) >= 11 is 0. The second-order valence-electron chi connectivity index (χ2n) is 3.57. The molecule has 0 radical (unpaired) electrons. The molecule has 2 N–H and O–H groups in total. The Morgan fingerprint density at radius 1 is 1.36 bits per heavy atom. The van der Waals surface area contributed by atoms with Gasteiger partial charge in [0.1, 0.15) is 11.5 Å². The molecule has 14 heavy (non-hydrogen) atoms. The molecule has 0 amide bonds. The van der Waals surface area contributed by atoms with Crippen molar-refractivity contribution in [1.29, 1.82) is 0 Å². The van der Waals surface area contributed by atoms with Crippen LogP contribution in [0.4, 0.5) is 0 Å². The first-order chi connectivity index (χ1) is 6.19. The van der Waals surface area contributed by atoms with Crippen molar-refractivity contribution < 1.29 is 4.42 Å². The van der Waals surface area contributed by atoms with Crippen LogP contribution < -0.4 is 5.73 Å². The van der Waals surface area contributed by atoms with Gasteiger partial charge < -0.3 is 10.2 Å². The summed E-state index contributed by atoms with van der Waals surface area (Å²) in [6, 6.07) is 4.05. The van der Waals surface area contributed by atoms with E-state index in [1.54, 1.807) is 0 Å². The average molecular weight is 218 g/mol. The van der Waals surface area contributed by atoms with Gasteiger partial charge in [-0.2, -0.15) is 0 Å². The van der Waals surface area contributed by atoms with E-state index >= 15 is 0 Å². The second-order valence-corrected chi connectivity index (χ2v) is 3.57. The van der Waals surface area contributed by atoms with Gasteiger partial charge in [0.05, 0.1) is 6.04 Å². The van der Waals surface area contributed by atoms with Crippen molar-refractivity contribution in [3.8, 4) is 0 Å². The number of hydrogen-bond acceptors (Lipinski definition) is 2. The third-order valence-electron chi connectivity index (χ3n) is 2.62. The minimum Gasteiger partial charge on any atom is -0.464 e. The number of furan rings is 1. The molecule has 0 aliphatic rings. The van der Waals surface area contributed by atoms with E-state index in [-0.39, 0.29) is 18.4 Å². The standard InChI is InChI=1S/C11H19NO.ClH/c1-4-8(3)11(12)10-7-6-9(5-2)13-10;/h6-8,11H,4-5,12H2,1-3H3;1H/t8?,11-;/m1./s1. The Kier molecular flexibility index (Phi) is 5.89. The van der Waals surface area contributed by atoms with Crippen LogP contribution in [0, 0.1) is 5.92 Å². The molecule has 0 bridgehead atoms. The first-order valence-corrected chi connectivity index (χ1v) is 5.03. The third-order valence-corrected chi connectivity index (χ3v) is 2.62. The second kappa shape index (κ2) is 6.10. The number of aryl methyl sites for hydroxylation is 1. The van der Waals surface area contributed by atoms with Gasteiger partial charge in [-0.25, -0.2) is 0 Å². The van der Waals surface area contributed by atoms with Crippen molar-refractivity contribution in [1.82, 2.24) is 0 Å². The summed E-state index contributed by atoms with van der Waals surface area (Å²) in [7, 11) is 0. The first-order valence-electron chi connectivity index (χ1n) is 5.03. The molecule has 0 spiro atoms. The summed E-state index contributed by atoms with van der Waals surface area (Å²) in [5.41, 5.74) is 6.02. The average Bonchev–Trinajstić information content (AvgIpc) is 2.63. The Morgan fingerprint density at radius 3 is 2.43 bits per heavy atom. The highest BCUT2D eigenvalue weighted by Crippen LogP contribution is 2.23. The summed E-state index contributed by atoms with van der Waals surface area (Å²) < 4.78 is 5.59. The van der Waals surface area contributed by atoms with Gasteiger partial charge in [-0.15, -0.1) is 12.4 Å². The number of hydrogen-bond donors (Lipinski definition) is 1. The number of halogens is 1. The van der Waals surface area contributed by atoms with Crippen molar-refractivity contribution >= 4 is 12.4 Å². The highest BCUT2D eigenvalue weighted by Gasteiger charge is 2.16. The van der Waals surface area contributed by atoms with Crippen LogP contribution in [0.15, 0.2) is 16.5 Å². The van der Waals surface area contributed by atoms with Gasteiger partial charge in [-0.3, -0.25) is 0 Å². The molecule has 0 aliphatic carbocycles. The zero-order chi connectivity index (χ0) is 9.84. The Labute approximate surface area is 92.3 Å². The molecule has 0 saturated carbocycles. The predicted molar refractivity (Wildman–Crippen MR) is 61.7 cm³/mol. The zero-order valence-corrected chi connectivity index (χ0v) is 9.93. The van der Waals surface area contributed by atoms with Crippen LogP contribution in [-0.4, -0.2) is 0 Å². The summed E-state index contributed by atoms with van der Waals surface area (Å²) in [5, 5.41) is 0. The lowest BCUT2D eigenvalue weighted by Gasteiger charge is -2.15. The number of nitrogens with two attached hydrogens (primary N) is 1. The van der Waals surface area contributed by atoms with Crippen molar-refractivity contribution in [2.45, 2.75) is 39.7 Å². The fourth-order valence-corrected chi connectivity index (χ4v) is 1.30. The zero-order valence-electron chi connectivity index (χ0n) is 9.12. The largest absolute Gasteiger partial charge is 0.464 e. The minimum atomic E-state index is 0. The van der Waals surface area contributed by atoms with Crippen molar-refractivity contribution in [3.63, 3.8) is 0 Å². The molecule has 2 atom stereocenters. The van der Waals surface area contributed by atoms with E-state index in [0.29, 0.717) is 5.92 Å².